The molecule has 5 atom stereocenters. The Hall–Kier alpha value is -4.92. The predicted molar refractivity (Wildman–Crippen MR) is 141 cm³/mol. The first kappa shape index (κ1) is 28.6. The quantitative estimate of drug-likeness (QED) is 0.158. The number of allylic oxidation sites excluding steroid dienone is 4. The topological polar surface area (TPSA) is 237 Å². The van der Waals surface area contributed by atoms with Crippen LogP contribution in [0, 0.1) is 0 Å². The second kappa shape index (κ2) is 10.8. The zero-order valence-electron chi connectivity index (χ0n) is 21.8. The van der Waals surface area contributed by atoms with Gasteiger partial charge in [-0.1, -0.05) is 6.08 Å². The lowest BCUT2D eigenvalue weighted by Gasteiger charge is -2.40. The summed E-state index contributed by atoms with van der Waals surface area (Å²) in [5.41, 5.74) is -1.18. The van der Waals surface area contributed by atoms with Crippen molar-refractivity contribution >= 4 is 22.5 Å². The van der Waals surface area contributed by atoms with Crippen molar-refractivity contribution in [3.05, 3.63) is 63.7 Å². The van der Waals surface area contributed by atoms with Crippen molar-refractivity contribution in [2.75, 3.05) is 0 Å². The van der Waals surface area contributed by atoms with E-state index in [0.29, 0.717) is 5.57 Å². The number of rotatable bonds is 5. The van der Waals surface area contributed by atoms with E-state index in [1.807, 2.05) is 0 Å². The molecule has 0 saturated carbocycles. The fourth-order valence-corrected chi connectivity index (χ4v) is 4.65. The summed E-state index contributed by atoms with van der Waals surface area (Å²) >= 11 is 0. The molecule has 1 unspecified atom stereocenters. The Kier molecular flexibility index (Phi) is 7.36. The van der Waals surface area contributed by atoms with Gasteiger partial charge in [-0.3, -0.25) is 4.79 Å². The summed E-state index contributed by atoms with van der Waals surface area (Å²) in [6, 6.07) is 3.59. The lowest BCUT2D eigenvalue weighted by Crippen LogP contribution is -2.60. The number of hydrogen-bond acceptors (Lipinski definition) is 14. The maximum absolute atomic E-state index is 13.7. The van der Waals surface area contributed by atoms with Crippen LogP contribution in [0.3, 0.4) is 0 Å². The molecule has 8 N–H and O–H groups in total. The standard InChI is InChI=1S/C28H26O14/c1-10-20(34)23(37)26(41-27(38)12-6-16(32)21(35)17(33)7-12)28(39-10)42-25-22(36)19-15(31)8-14(30)9-18(19)40-24(25)11-2-4-13(29)5-3-11/h2,4,6-10,20,23,26,28-35,37H,3,5H2,1H3/t10-,20-,23+,26+,28?/m0/s1. The monoisotopic (exact) mass is 586 g/mol. The first-order valence-corrected chi connectivity index (χ1v) is 12.6. The third kappa shape index (κ3) is 5.13. The van der Waals surface area contributed by atoms with Gasteiger partial charge in [0.2, 0.25) is 17.5 Å². The highest BCUT2D eigenvalue weighted by Gasteiger charge is 2.47. The van der Waals surface area contributed by atoms with E-state index in [1.165, 1.54) is 19.1 Å². The van der Waals surface area contributed by atoms with Crippen molar-refractivity contribution in [1.82, 2.24) is 0 Å². The molecule has 0 radical (unpaired) electrons. The Balaban J connectivity index is 1.59. The van der Waals surface area contributed by atoms with Crippen molar-refractivity contribution in [3.8, 4) is 34.5 Å². The van der Waals surface area contributed by atoms with Gasteiger partial charge in [0.05, 0.1) is 17.4 Å². The van der Waals surface area contributed by atoms with Crippen molar-refractivity contribution in [2.45, 2.75) is 50.5 Å². The number of benzene rings is 2. The Labute approximate surface area is 235 Å². The number of aliphatic hydroxyl groups excluding tert-OH is 3. The predicted octanol–water partition coefficient (Wildman–Crippen LogP) is 2.01. The number of phenolic OH excluding ortho intramolecular Hbond substituents is 5. The maximum atomic E-state index is 13.7. The van der Waals surface area contributed by atoms with Crippen LogP contribution in [-0.4, -0.2) is 77.5 Å². The number of fused-ring (bicyclic) bond motifs is 1. The Morgan fingerprint density at radius 1 is 0.905 bits per heavy atom. The molecule has 0 spiro atoms. The zero-order chi connectivity index (χ0) is 30.5. The molecule has 1 saturated heterocycles. The molecule has 0 amide bonds. The van der Waals surface area contributed by atoms with E-state index < -0.39 is 82.2 Å². The molecule has 2 aromatic carbocycles. The fraction of sp³-hybridized carbons (Fsp3) is 0.286. The minimum absolute atomic E-state index is 0.0690. The van der Waals surface area contributed by atoms with E-state index in [-0.39, 0.29) is 35.3 Å². The molecule has 14 heteroatoms. The zero-order valence-corrected chi connectivity index (χ0v) is 21.8. The molecule has 1 aromatic heterocycles. The largest absolute Gasteiger partial charge is 0.512 e. The van der Waals surface area contributed by atoms with E-state index in [0.717, 1.165) is 24.3 Å². The average molecular weight is 587 g/mol. The molecule has 1 aliphatic heterocycles. The van der Waals surface area contributed by atoms with E-state index in [2.05, 4.69) is 0 Å². The van der Waals surface area contributed by atoms with Gasteiger partial charge in [0.15, 0.2) is 29.1 Å². The van der Waals surface area contributed by atoms with Gasteiger partial charge >= 0.3 is 5.97 Å². The Morgan fingerprint density at radius 3 is 2.24 bits per heavy atom. The summed E-state index contributed by atoms with van der Waals surface area (Å²) < 4.78 is 22.7. The summed E-state index contributed by atoms with van der Waals surface area (Å²) in [4.78, 5) is 26.6. The molecule has 1 fully saturated rings. The van der Waals surface area contributed by atoms with Crippen LogP contribution in [0.25, 0.3) is 16.5 Å². The van der Waals surface area contributed by atoms with Gasteiger partial charge in [0.25, 0.3) is 0 Å². The van der Waals surface area contributed by atoms with E-state index in [4.69, 9.17) is 18.6 Å². The van der Waals surface area contributed by atoms with Crippen LogP contribution in [0.4, 0.5) is 0 Å². The molecule has 0 bridgehead atoms. The van der Waals surface area contributed by atoms with Crippen molar-refractivity contribution in [3.63, 3.8) is 0 Å². The first-order chi connectivity index (χ1) is 19.8. The summed E-state index contributed by atoms with van der Waals surface area (Å²) in [6.45, 7) is 1.38. The lowest BCUT2D eigenvalue weighted by molar-refractivity contribution is -0.267. The van der Waals surface area contributed by atoms with Crippen LogP contribution in [0.5, 0.6) is 34.5 Å². The smallest absolute Gasteiger partial charge is 0.339 e. The number of esters is 1. The highest BCUT2D eigenvalue weighted by atomic mass is 16.7. The second-order valence-electron chi connectivity index (χ2n) is 9.82. The van der Waals surface area contributed by atoms with E-state index >= 15 is 0 Å². The van der Waals surface area contributed by atoms with Gasteiger partial charge in [-0.2, -0.15) is 0 Å². The Bertz CT molecular complexity index is 1660. The number of phenols is 5. The molecule has 1 aliphatic carbocycles. The number of ether oxygens (including phenoxy) is 3. The van der Waals surface area contributed by atoms with Crippen LogP contribution in [0.2, 0.25) is 0 Å². The van der Waals surface area contributed by atoms with Gasteiger partial charge in [-0.25, -0.2) is 4.79 Å². The molecule has 5 rings (SSSR count). The molecule has 222 valence electrons. The highest BCUT2D eigenvalue weighted by molar-refractivity contribution is 5.91. The third-order valence-electron chi connectivity index (χ3n) is 6.90. The number of aromatic hydroxyl groups is 5. The SMILES string of the molecule is C[C@@H]1OC(Oc2c(C3=CC=C(O)CC3)oc3cc(O)cc(O)c3c2=O)[C@H](OC(=O)c2cc(O)c(O)c(O)c2)[C@H](O)[C@H]1O. The highest BCUT2D eigenvalue weighted by Crippen LogP contribution is 2.39. The fourth-order valence-electron chi connectivity index (χ4n) is 4.65. The van der Waals surface area contributed by atoms with Crippen LogP contribution in [-0.2, 0) is 9.47 Å². The van der Waals surface area contributed by atoms with E-state index in [1.54, 1.807) is 0 Å². The summed E-state index contributed by atoms with van der Waals surface area (Å²) in [7, 11) is 0. The molecular formula is C28H26O14. The Morgan fingerprint density at radius 2 is 1.60 bits per heavy atom. The van der Waals surface area contributed by atoms with Gasteiger partial charge in [-0.05, 0) is 37.1 Å². The van der Waals surface area contributed by atoms with Crippen LogP contribution in [0.15, 0.2) is 51.4 Å². The number of aliphatic hydroxyl groups is 3. The molecule has 14 nitrogen and oxygen atoms in total. The van der Waals surface area contributed by atoms with Gasteiger partial charge in [0, 0.05) is 18.6 Å². The molecule has 3 aromatic rings. The van der Waals surface area contributed by atoms with Crippen molar-refractivity contribution < 1.29 is 64.3 Å². The average Bonchev–Trinajstić information content (AvgIpc) is 2.93. The lowest BCUT2D eigenvalue weighted by atomic mass is 9.98. The first-order valence-electron chi connectivity index (χ1n) is 12.6. The van der Waals surface area contributed by atoms with Gasteiger partial charge < -0.3 is 59.5 Å². The van der Waals surface area contributed by atoms with Crippen LogP contribution in [0.1, 0.15) is 35.9 Å². The maximum Gasteiger partial charge on any atom is 0.339 e. The van der Waals surface area contributed by atoms with Crippen molar-refractivity contribution in [1.29, 1.82) is 0 Å². The molecular weight excluding hydrogens is 560 g/mol. The summed E-state index contributed by atoms with van der Waals surface area (Å²) in [5.74, 6) is -5.46. The molecule has 2 aliphatic rings. The summed E-state index contributed by atoms with van der Waals surface area (Å²) in [6.07, 6.45) is -4.86. The minimum atomic E-state index is -1.82. The van der Waals surface area contributed by atoms with Crippen LogP contribution >= 0.6 is 0 Å². The van der Waals surface area contributed by atoms with E-state index in [9.17, 15) is 50.4 Å². The molecule has 42 heavy (non-hydrogen) atoms. The third-order valence-corrected chi connectivity index (χ3v) is 6.90. The molecule has 2 heterocycles. The van der Waals surface area contributed by atoms with Crippen molar-refractivity contribution in [2.24, 2.45) is 0 Å². The normalized spacial score (nSPS) is 24.1. The number of carbonyl (C=O) groups excluding carboxylic acids is 1. The second-order valence-corrected chi connectivity index (χ2v) is 9.82. The minimum Gasteiger partial charge on any atom is -0.512 e. The van der Waals surface area contributed by atoms with Gasteiger partial charge in [-0.15, -0.1) is 0 Å². The number of hydrogen-bond donors (Lipinski definition) is 8. The van der Waals surface area contributed by atoms with Gasteiger partial charge in [0.1, 0.15) is 34.7 Å². The summed E-state index contributed by atoms with van der Waals surface area (Å²) in [5, 5.41) is 80.2. The number of carbonyl (C=O) groups is 1. The van der Waals surface area contributed by atoms with Crippen LogP contribution < -0.4 is 10.2 Å².